The van der Waals surface area contributed by atoms with Crippen LogP contribution in [0.15, 0.2) is 64.8 Å². The van der Waals surface area contributed by atoms with Crippen LogP contribution in [0.1, 0.15) is 43.9 Å². The highest BCUT2D eigenvalue weighted by Gasteiger charge is 2.44. The predicted octanol–water partition coefficient (Wildman–Crippen LogP) is 4.46. The summed E-state index contributed by atoms with van der Waals surface area (Å²) in [5, 5.41) is 2.91. The van der Waals surface area contributed by atoms with Crippen molar-refractivity contribution in [3.05, 3.63) is 71.1 Å². The van der Waals surface area contributed by atoms with Crippen molar-refractivity contribution in [2.45, 2.75) is 39.5 Å². The Hall–Kier alpha value is -3.08. The Balaban J connectivity index is 1.79. The Kier molecular flexibility index (Phi) is 5.14. The van der Waals surface area contributed by atoms with Crippen LogP contribution in [0.2, 0.25) is 0 Å². The number of nitrogens with one attached hydrogen (secondary N) is 1. The molecule has 1 saturated carbocycles. The second kappa shape index (κ2) is 7.74. The summed E-state index contributed by atoms with van der Waals surface area (Å²) in [7, 11) is 0. The molecular formula is C24H25N3O2. The number of pyridine rings is 1. The SMILES string of the molecule is CC1=C(C(=O)Nc2cccc(C)n2)[C@H](c2ccccc2)[C@H]2C(=O)C[C@@H](C)CC2=N1. The summed E-state index contributed by atoms with van der Waals surface area (Å²) in [5.74, 6) is 0.0117. The molecule has 1 aromatic carbocycles. The fourth-order valence-corrected chi connectivity index (χ4v) is 4.49. The van der Waals surface area contributed by atoms with E-state index in [0.717, 1.165) is 23.4 Å². The van der Waals surface area contributed by atoms with Crippen molar-refractivity contribution in [2.75, 3.05) is 5.32 Å². The number of Topliss-reactive ketones (excluding diaryl/α,β-unsaturated/α-hetero) is 1. The number of hydrogen-bond donors (Lipinski definition) is 1. The largest absolute Gasteiger partial charge is 0.307 e. The Bertz CT molecular complexity index is 1020. The molecule has 4 rings (SSSR count). The summed E-state index contributed by atoms with van der Waals surface area (Å²) in [6.07, 6.45) is 1.33. The molecule has 29 heavy (non-hydrogen) atoms. The monoisotopic (exact) mass is 387 g/mol. The van der Waals surface area contributed by atoms with Gasteiger partial charge in [0.2, 0.25) is 0 Å². The van der Waals surface area contributed by atoms with E-state index in [4.69, 9.17) is 4.99 Å². The van der Waals surface area contributed by atoms with E-state index >= 15 is 0 Å². The van der Waals surface area contributed by atoms with E-state index in [0.29, 0.717) is 23.5 Å². The van der Waals surface area contributed by atoms with E-state index in [-0.39, 0.29) is 29.4 Å². The van der Waals surface area contributed by atoms with E-state index in [9.17, 15) is 9.59 Å². The van der Waals surface area contributed by atoms with Crippen molar-refractivity contribution in [3.63, 3.8) is 0 Å². The molecule has 2 aliphatic rings. The Morgan fingerprint density at radius 2 is 1.76 bits per heavy atom. The third-order valence-electron chi connectivity index (χ3n) is 5.69. The average molecular weight is 387 g/mol. The average Bonchev–Trinajstić information content (AvgIpc) is 2.67. The Morgan fingerprint density at radius 3 is 2.48 bits per heavy atom. The van der Waals surface area contributed by atoms with Crippen LogP contribution >= 0.6 is 0 Å². The molecule has 1 aromatic heterocycles. The molecule has 0 radical (unpaired) electrons. The number of rotatable bonds is 3. The summed E-state index contributed by atoms with van der Waals surface area (Å²) >= 11 is 0. The first kappa shape index (κ1) is 19.2. The standard InChI is InChI=1S/C24H25N3O2/c1-14-12-18-23(19(28)13-14)22(17-9-5-4-6-10-17)21(16(3)26-18)24(29)27-20-11-7-8-15(2)25-20/h4-11,14,22-23H,12-13H2,1-3H3,(H,25,27,29)/t14-,22-,23+/m0/s1. The number of ketones is 1. The first-order chi connectivity index (χ1) is 13.9. The van der Waals surface area contributed by atoms with Crippen LogP contribution in [0, 0.1) is 18.8 Å². The summed E-state index contributed by atoms with van der Waals surface area (Å²) < 4.78 is 0. The quantitative estimate of drug-likeness (QED) is 0.845. The van der Waals surface area contributed by atoms with E-state index < -0.39 is 0 Å². The summed E-state index contributed by atoms with van der Waals surface area (Å²) in [6.45, 7) is 5.83. The minimum Gasteiger partial charge on any atom is -0.307 e. The molecule has 0 bridgehead atoms. The van der Waals surface area contributed by atoms with Crippen molar-refractivity contribution >= 4 is 23.2 Å². The molecule has 1 aliphatic heterocycles. The normalized spacial score (nSPS) is 24.0. The number of anilines is 1. The highest BCUT2D eigenvalue weighted by molar-refractivity contribution is 6.14. The molecule has 0 unspecified atom stereocenters. The van der Waals surface area contributed by atoms with Crippen LogP contribution in [-0.4, -0.2) is 22.4 Å². The summed E-state index contributed by atoms with van der Waals surface area (Å²) in [5.41, 5.74) is 3.93. The van der Waals surface area contributed by atoms with Crippen molar-refractivity contribution in [2.24, 2.45) is 16.8 Å². The summed E-state index contributed by atoms with van der Waals surface area (Å²) in [6, 6.07) is 15.3. The maximum atomic E-state index is 13.3. The van der Waals surface area contributed by atoms with Gasteiger partial charge in [0, 0.05) is 35.0 Å². The molecule has 3 atom stereocenters. The van der Waals surface area contributed by atoms with Gasteiger partial charge in [-0.15, -0.1) is 0 Å². The molecular weight excluding hydrogens is 362 g/mol. The number of aliphatic imine (C=N–C) groups is 1. The van der Waals surface area contributed by atoms with Crippen molar-refractivity contribution in [1.29, 1.82) is 0 Å². The molecule has 148 valence electrons. The molecule has 1 aliphatic carbocycles. The van der Waals surface area contributed by atoms with Gasteiger partial charge in [0.15, 0.2) is 0 Å². The van der Waals surface area contributed by atoms with Gasteiger partial charge in [0.1, 0.15) is 11.6 Å². The maximum absolute atomic E-state index is 13.3. The van der Waals surface area contributed by atoms with Gasteiger partial charge in [-0.25, -0.2) is 4.98 Å². The lowest BCUT2D eigenvalue weighted by Crippen LogP contribution is -2.41. The number of allylic oxidation sites excluding steroid dienone is 1. The van der Waals surface area contributed by atoms with Crippen LogP contribution in [0.3, 0.4) is 0 Å². The van der Waals surface area contributed by atoms with Crippen molar-refractivity contribution in [3.8, 4) is 0 Å². The number of hydrogen-bond acceptors (Lipinski definition) is 4. The number of fused-ring (bicyclic) bond motifs is 1. The molecule has 0 spiro atoms. The number of carbonyl (C=O) groups excluding carboxylic acids is 2. The lowest BCUT2D eigenvalue weighted by molar-refractivity contribution is -0.123. The fraction of sp³-hybridized carbons (Fsp3) is 0.333. The van der Waals surface area contributed by atoms with Crippen molar-refractivity contribution in [1.82, 2.24) is 4.98 Å². The number of carbonyl (C=O) groups is 2. The van der Waals surface area contributed by atoms with Gasteiger partial charge in [-0.3, -0.25) is 14.6 Å². The zero-order valence-corrected chi connectivity index (χ0v) is 17.0. The van der Waals surface area contributed by atoms with Gasteiger partial charge < -0.3 is 5.32 Å². The van der Waals surface area contributed by atoms with Gasteiger partial charge >= 0.3 is 0 Å². The van der Waals surface area contributed by atoms with Crippen LogP contribution in [-0.2, 0) is 9.59 Å². The van der Waals surface area contributed by atoms with Crippen LogP contribution in [0.5, 0.6) is 0 Å². The molecule has 2 heterocycles. The molecule has 5 heteroatoms. The molecule has 0 saturated heterocycles. The van der Waals surface area contributed by atoms with Crippen LogP contribution in [0.25, 0.3) is 0 Å². The molecule has 5 nitrogen and oxygen atoms in total. The first-order valence-corrected chi connectivity index (χ1v) is 10.0. The minimum atomic E-state index is -0.372. The number of amides is 1. The van der Waals surface area contributed by atoms with Crippen LogP contribution < -0.4 is 5.32 Å². The fourth-order valence-electron chi connectivity index (χ4n) is 4.49. The number of aromatic nitrogens is 1. The molecule has 2 aromatic rings. The van der Waals surface area contributed by atoms with Crippen molar-refractivity contribution < 1.29 is 9.59 Å². The van der Waals surface area contributed by atoms with E-state index in [1.165, 1.54) is 0 Å². The number of nitrogens with zero attached hydrogens (tertiary/aromatic N) is 2. The highest BCUT2D eigenvalue weighted by atomic mass is 16.2. The van der Waals surface area contributed by atoms with Gasteiger partial charge in [-0.1, -0.05) is 43.3 Å². The third-order valence-corrected chi connectivity index (χ3v) is 5.69. The molecule has 1 amide bonds. The topological polar surface area (TPSA) is 71.4 Å². The lowest BCUT2D eigenvalue weighted by Gasteiger charge is -2.37. The van der Waals surface area contributed by atoms with Gasteiger partial charge in [0.25, 0.3) is 5.91 Å². The maximum Gasteiger partial charge on any atom is 0.255 e. The van der Waals surface area contributed by atoms with Gasteiger partial charge in [-0.2, -0.15) is 0 Å². The Labute approximate surface area is 171 Å². The Morgan fingerprint density at radius 1 is 1.00 bits per heavy atom. The lowest BCUT2D eigenvalue weighted by atomic mass is 9.67. The summed E-state index contributed by atoms with van der Waals surface area (Å²) in [4.78, 5) is 35.5. The molecule has 1 fully saturated rings. The third kappa shape index (κ3) is 3.77. The van der Waals surface area contributed by atoms with Gasteiger partial charge in [0.05, 0.1) is 5.92 Å². The number of aryl methyl sites for hydroxylation is 1. The van der Waals surface area contributed by atoms with E-state index in [1.54, 1.807) is 6.07 Å². The second-order valence-electron chi connectivity index (χ2n) is 8.07. The first-order valence-electron chi connectivity index (χ1n) is 10.0. The van der Waals surface area contributed by atoms with Crippen LogP contribution in [0.4, 0.5) is 5.82 Å². The predicted molar refractivity (Wildman–Crippen MR) is 114 cm³/mol. The molecule has 1 N–H and O–H groups in total. The van der Waals surface area contributed by atoms with Gasteiger partial charge in [-0.05, 0) is 43.9 Å². The zero-order valence-electron chi connectivity index (χ0n) is 17.0. The van der Waals surface area contributed by atoms with E-state index in [2.05, 4.69) is 17.2 Å². The number of benzene rings is 1. The minimum absolute atomic E-state index is 0.169. The second-order valence-corrected chi connectivity index (χ2v) is 8.07. The van der Waals surface area contributed by atoms with E-state index in [1.807, 2.05) is 56.3 Å². The zero-order chi connectivity index (χ0) is 20.5. The smallest absolute Gasteiger partial charge is 0.255 e. The highest BCUT2D eigenvalue weighted by Crippen LogP contribution is 2.43.